The first-order chi connectivity index (χ1) is 8.79. The Kier molecular flexibility index (Phi) is 4.80. The van der Waals surface area contributed by atoms with E-state index in [1.54, 1.807) is 6.92 Å². The van der Waals surface area contributed by atoms with Crippen molar-refractivity contribution in [2.24, 2.45) is 0 Å². The number of anilines is 1. The van der Waals surface area contributed by atoms with Crippen LogP contribution in [0.25, 0.3) is 0 Å². The molecular formula is C13H17F3N2O. The van der Waals surface area contributed by atoms with E-state index in [2.05, 4.69) is 10.6 Å². The molecule has 0 spiro atoms. The molecule has 0 fully saturated rings. The monoisotopic (exact) mass is 274 g/mol. The van der Waals surface area contributed by atoms with Gasteiger partial charge in [-0.05, 0) is 31.5 Å². The van der Waals surface area contributed by atoms with Gasteiger partial charge < -0.3 is 10.6 Å². The van der Waals surface area contributed by atoms with E-state index in [1.165, 1.54) is 19.2 Å². The van der Waals surface area contributed by atoms with Crippen LogP contribution >= 0.6 is 0 Å². The lowest BCUT2D eigenvalue weighted by atomic mass is 10.1. The summed E-state index contributed by atoms with van der Waals surface area (Å²) in [5.74, 6) is -0.498. The van der Waals surface area contributed by atoms with Gasteiger partial charge in [0.05, 0.1) is 5.56 Å². The third-order valence-electron chi connectivity index (χ3n) is 2.85. The van der Waals surface area contributed by atoms with Gasteiger partial charge in [0, 0.05) is 24.3 Å². The van der Waals surface area contributed by atoms with Crippen LogP contribution in [0.2, 0.25) is 0 Å². The van der Waals surface area contributed by atoms with Crippen molar-refractivity contribution in [1.29, 1.82) is 0 Å². The van der Waals surface area contributed by atoms with Crippen LogP contribution in [-0.2, 0) is 6.18 Å². The molecule has 0 aromatic heterocycles. The molecule has 0 saturated heterocycles. The summed E-state index contributed by atoms with van der Waals surface area (Å²) in [5.41, 5.74) is -0.883. The van der Waals surface area contributed by atoms with Crippen molar-refractivity contribution in [3.05, 3.63) is 29.3 Å². The fourth-order valence-electron chi connectivity index (χ4n) is 1.55. The summed E-state index contributed by atoms with van der Waals surface area (Å²) < 4.78 is 38.5. The lowest BCUT2D eigenvalue weighted by Crippen LogP contribution is -2.32. The zero-order valence-corrected chi connectivity index (χ0v) is 11.1. The second-order valence-electron chi connectivity index (χ2n) is 4.29. The first kappa shape index (κ1) is 15.3. The summed E-state index contributed by atoms with van der Waals surface area (Å²) in [6.45, 7) is 3.68. The third kappa shape index (κ3) is 3.87. The molecule has 6 heteroatoms. The number of amides is 1. The summed E-state index contributed by atoms with van der Waals surface area (Å²) in [4.78, 5) is 11.8. The van der Waals surface area contributed by atoms with E-state index in [0.29, 0.717) is 6.42 Å². The van der Waals surface area contributed by atoms with Gasteiger partial charge in [0.2, 0.25) is 0 Å². The van der Waals surface area contributed by atoms with Gasteiger partial charge in [0.25, 0.3) is 5.91 Å². The van der Waals surface area contributed by atoms with Gasteiger partial charge in [-0.1, -0.05) is 6.92 Å². The molecule has 2 N–H and O–H groups in total. The summed E-state index contributed by atoms with van der Waals surface area (Å²) in [6.07, 6.45) is -3.78. The molecule has 1 aromatic rings. The average molecular weight is 274 g/mol. The van der Waals surface area contributed by atoms with Crippen LogP contribution in [0.3, 0.4) is 0 Å². The van der Waals surface area contributed by atoms with Crippen LogP contribution in [0, 0.1) is 0 Å². The molecule has 1 unspecified atom stereocenters. The predicted molar refractivity (Wildman–Crippen MR) is 68.2 cm³/mol. The Morgan fingerprint density at radius 3 is 2.47 bits per heavy atom. The second-order valence-corrected chi connectivity index (χ2v) is 4.29. The summed E-state index contributed by atoms with van der Waals surface area (Å²) >= 11 is 0. The van der Waals surface area contributed by atoms with Gasteiger partial charge in [0.15, 0.2) is 0 Å². The minimum Gasteiger partial charge on any atom is -0.388 e. The van der Waals surface area contributed by atoms with Crippen molar-refractivity contribution >= 4 is 11.6 Å². The Bertz CT molecular complexity index is 458. The van der Waals surface area contributed by atoms with Gasteiger partial charge in [-0.15, -0.1) is 0 Å². The molecule has 0 radical (unpaired) electrons. The number of rotatable bonds is 4. The number of nitrogens with one attached hydrogen (secondary N) is 2. The highest BCUT2D eigenvalue weighted by atomic mass is 19.4. The van der Waals surface area contributed by atoms with E-state index in [9.17, 15) is 18.0 Å². The van der Waals surface area contributed by atoms with Crippen LogP contribution in [0.4, 0.5) is 18.9 Å². The van der Waals surface area contributed by atoms with Crippen LogP contribution in [-0.4, -0.2) is 19.0 Å². The molecule has 1 amide bonds. The number of hydrogen-bond donors (Lipinski definition) is 2. The Hall–Kier alpha value is -1.72. The molecule has 1 aromatic carbocycles. The zero-order chi connectivity index (χ0) is 14.6. The van der Waals surface area contributed by atoms with E-state index in [4.69, 9.17) is 0 Å². The van der Waals surface area contributed by atoms with E-state index < -0.39 is 17.6 Å². The molecule has 0 aliphatic rings. The largest absolute Gasteiger partial charge is 0.418 e. The Labute approximate surface area is 110 Å². The van der Waals surface area contributed by atoms with Crippen LogP contribution in [0.1, 0.15) is 36.2 Å². The molecule has 106 valence electrons. The predicted octanol–water partition coefficient (Wildman–Crippen LogP) is 3.28. The standard InChI is InChI=1S/C13H17F3N2O/c1-4-8(2)18-12(19)9-5-6-11(17-3)10(7-9)13(14,15)16/h5-8,17H,4H2,1-3H3,(H,18,19). The molecule has 19 heavy (non-hydrogen) atoms. The summed E-state index contributed by atoms with van der Waals surface area (Å²) in [6, 6.07) is 3.42. The van der Waals surface area contributed by atoms with Gasteiger partial charge >= 0.3 is 6.18 Å². The second kappa shape index (κ2) is 5.95. The highest BCUT2D eigenvalue weighted by molar-refractivity contribution is 5.95. The first-order valence-corrected chi connectivity index (χ1v) is 5.99. The van der Waals surface area contributed by atoms with Crippen LogP contribution in [0.5, 0.6) is 0 Å². The normalized spacial score (nSPS) is 12.9. The highest BCUT2D eigenvalue weighted by Gasteiger charge is 2.34. The highest BCUT2D eigenvalue weighted by Crippen LogP contribution is 2.35. The Balaban J connectivity index is 3.08. The minimum absolute atomic E-state index is 0.00613. The molecule has 0 aliphatic carbocycles. The molecule has 0 bridgehead atoms. The number of benzene rings is 1. The summed E-state index contributed by atoms with van der Waals surface area (Å²) in [7, 11) is 1.41. The molecular weight excluding hydrogens is 257 g/mol. The van der Waals surface area contributed by atoms with Crippen molar-refractivity contribution in [2.45, 2.75) is 32.5 Å². The zero-order valence-electron chi connectivity index (χ0n) is 11.1. The quantitative estimate of drug-likeness (QED) is 0.884. The number of carbonyl (C=O) groups excluding carboxylic acids is 1. The Morgan fingerprint density at radius 1 is 1.37 bits per heavy atom. The molecule has 1 atom stereocenters. The lowest BCUT2D eigenvalue weighted by molar-refractivity contribution is -0.136. The topological polar surface area (TPSA) is 41.1 Å². The number of halogens is 3. The van der Waals surface area contributed by atoms with Gasteiger partial charge in [0.1, 0.15) is 0 Å². The smallest absolute Gasteiger partial charge is 0.388 e. The first-order valence-electron chi connectivity index (χ1n) is 5.99. The van der Waals surface area contributed by atoms with Crippen molar-refractivity contribution < 1.29 is 18.0 Å². The van der Waals surface area contributed by atoms with Gasteiger partial charge in [-0.25, -0.2) is 0 Å². The maximum absolute atomic E-state index is 12.8. The maximum Gasteiger partial charge on any atom is 0.418 e. The van der Waals surface area contributed by atoms with Crippen molar-refractivity contribution in [3.63, 3.8) is 0 Å². The van der Waals surface area contributed by atoms with E-state index in [-0.39, 0.29) is 17.3 Å². The van der Waals surface area contributed by atoms with Gasteiger partial charge in [-0.3, -0.25) is 4.79 Å². The Morgan fingerprint density at radius 2 is 2.00 bits per heavy atom. The van der Waals surface area contributed by atoms with E-state index in [0.717, 1.165) is 6.07 Å². The molecule has 3 nitrogen and oxygen atoms in total. The van der Waals surface area contributed by atoms with Crippen molar-refractivity contribution in [3.8, 4) is 0 Å². The minimum atomic E-state index is -4.50. The van der Waals surface area contributed by atoms with Gasteiger partial charge in [-0.2, -0.15) is 13.2 Å². The van der Waals surface area contributed by atoms with Crippen molar-refractivity contribution in [1.82, 2.24) is 5.32 Å². The molecule has 0 heterocycles. The SMILES string of the molecule is CCC(C)NC(=O)c1ccc(NC)c(C(F)(F)F)c1. The lowest BCUT2D eigenvalue weighted by Gasteiger charge is -2.15. The number of carbonyl (C=O) groups is 1. The fourth-order valence-corrected chi connectivity index (χ4v) is 1.55. The van der Waals surface area contributed by atoms with Crippen LogP contribution in [0.15, 0.2) is 18.2 Å². The molecule has 0 aliphatic heterocycles. The maximum atomic E-state index is 12.8. The van der Waals surface area contributed by atoms with E-state index >= 15 is 0 Å². The third-order valence-corrected chi connectivity index (χ3v) is 2.85. The fraction of sp³-hybridized carbons (Fsp3) is 0.462. The summed E-state index contributed by atoms with van der Waals surface area (Å²) in [5, 5.41) is 5.10. The van der Waals surface area contributed by atoms with Crippen molar-refractivity contribution in [2.75, 3.05) is 12.4 Å². The number of hydrogen-bond acceptors (Lipinski definition) is 2. The molecule has 0 saturated carbocycles. The molecule has 1 rings (SSSR count). The average Bonchev–Trinajstić information content (AvgIpc) is 2.36. The number of alkyl halides is 3. The van der Waals surface area contributed by atoms with E-state index in [1.807, 2.05) is 6.92 Å². The van der Waals surface area contributed by atoms with Crippen LogP contribution < -0.4 is 10.6 Å².